The molecule has 3 aromatic rings. The first kappa shape index (κ1) is 15.7. The van der Waals surface area contributed by atoms with Crippen molar-refractivity contribution in [3.8, 4) is 0 Å². The van der Waals surface area contributed by atoms with Crippen LogP contribution < -0.4 is 4.90 Å². The minimum Gasteiger partial charge on any atom is -0.413 e. The van der Waals surface area contributed by atoms with E-state index in [4.69, 9.17) is 16.6 Å². The second-order valence-corrected chi connectivity index (χ2v) is 7.53. The van der Waals surface area contributed by atoms with E-state index in [-0.39, 0.29) is 0 Å². The molecule has 0 aliphatic carbocycles. The van der Waals surface area contributed by atoms with Gasteiger partial charge in [0, 0.05) is 12.8 Å². The van der Waals surface area contributed by atoms with Crippen LogP contribution in [0.3, 0.4) is 0 Å². The zero-order valence-corrected chi connectivity index (χ0v) is 15.0. The van der Waals surface area contributed by atoms with Gasteiger partial charge in [-0.15, -0.1) is 16.4 Å². The summed E-state index contributed by atoms with van der Waals surface area (Å²) < 4.78 is 7.57. The minimum atomic E-state index is 0.477. The Morgan fingerprint density at radius 2 is 2.12 bits per heavy atom. The molecule has 2 atom stereocenters. The van der Waals surface area contributed by atoms with Gasteiger partial charge in [0.15, 0.2) is 6.67 Å². The van der Waals surface area contributed by atoms with E-state index in [1.54, 1.807) is 0 Å². The third-order valence-corrected chi connectivity index (χ3v) is 5.85. The molecule has 1 aliphatic rings. The summed E-state index contributed by atoms with van der Waals surface area (Å²) in [5.41, 5.74) is 1.19. The van der Waals surface area contributed by atoms with Crippen LogP contribution in [0.4, 0.5) is 0 Å². The number of rotatable bonds is 5. The van der Waals surface area contributed by atoms with Gasteiger partial charge in [0.05, 0.1) is 17.8 Å². The molecule has 1 saturated heterocycles. The van der Waals surface area contributed by atoms with Crippen LogP contribution in [-0.4, -0.2) is 16.3 Å². The van der Waals surface area contributed by atoms with Crippen molar-refractivity contribution in [1.82, 2.24) is 9.78 Å². The Morgan fingerprint density at radius 1 is 1.25 bits per heavy atom. The van der Waals surface area contributed by atoms with E-state index in [0.717, 1.165) is 13.2 Å². The molecule has 24 heavy (non-hydrogen) atoms. The molecule has 4 rings (SSSR count). The average Bonchev–Trinajstić information content (AvgIpc) is 3.31. The van der Waals surface area contributed by atoms with E-state index in [1.165, 1.54) is 28.2 Å². The Hall–Kier alpha value is -1.76. The molecule has 0 saturated carbocycles. The first-order valence-corrected chi connectivity index (χ1v) is 9.57. The molecule has 0 radical (unpaired) electrons. The zero-order valence-electron chi connectivity index (χ0n) is 13.4. The fourth-order valence-corrected chi connectivity index (χ4v) is 4.54. The minimum absolute atomic E-state index is 0.477. The second kappa shape index (κ2) is 7.01. The molecular formula is C18H20N3OS2+. The predicted octanol–water partition coefficient (Wildman–Crippen LogP) is 3.24. The van der Waals surface area contributed by atoms with Crippen LogP contribution in [0.25, 0.3) is 0 Å². The summed E-state index contributed by atoms with van der Waals surface area (Å²) in [7, 11) is 0. The maximum absolute atomic E-state index is 5.71. The number of likely N-dealkylation sites (tertiary alicyclic amines) is 1. The topological polar surface area (TPSA) is 35.4 Å². The van der Waals surface area contributed by atoms with Crippen molar-refractivity contribution in [2.45, 2.75) is 32.0 Å². The van der Waals surface area contributed by atoms with Crippen molar-refractivity contribution >= 4 is 23.6 Å². The maximum atomic E-state index is 5.71. The van der Waals surface area contributed by atoms with Crippen molar-refractivity contribution in [2.24, 2.45) is 0 Å². The molecule has 1 aliphatic heterocycles. The summed E-state index contributed by atoms with van der Waals surface area (Å²) in [6.07, 6.45) is 3.17. The van der Waals surface area contributed by atoms with Crippen LogP contribution in [-0.2, 0) is 13.1 Å². The van der Waals surface area contributed by atoms with Crippen molar-refractivity contribution in [2.75, 3.05) is 6.54 Å². The Bertz CT molecular complexity index is 839. The van der Waals surface area contributed by atoms with Crippen LogP contribution >= 0.6 is 23.6 Å². The average molecular weight is 359 g/mol. The Morgan fingerprint density at radius 3 is 2.92 bits per heavy atom. The quantitative estimate of drug-likeness (QED) is 0.711. The molecule has 2 aromatic heterocycles. The lowest BCUT2D eigenvalue weighted by molar-refractivity contribution is -0.941. The molecule has 1 aromatic carbocycles. The molecule has 4 nitrogen and oxygen atoms in total. The fraction of sp³-hybridized carbons (Fsp3) is 0.333. The Balaban J connectivity index is 1.50. The number of thiophene rings is 1. The van der Waals surface area contributed by atoms with Crippen LogP contribution in [0.2, 0.25) is 0 Å². The van der Waals surface area contributed by atoms with Crippen molar-refractivity contribution in [3.63, 3.8) is 0 Å². The van der Waals surface area contributed by atoms with Crippen LogP contribution in [0.1, 0.15) is 35.2 Å². The van der Waals surface area contributed by atoms with Gasteiger partial charge in [-0.1, -0.05) is 36.4 Å². The molecule has 0 bridgehead atoms. The standard InChI is InChI=1S/C18H19N3OS2/c23-18-21(19-17(22-18)12-14-6-2-1-3-7-14)13-20-10-4-8-15(20)16-9-5-11-24-16/h1-3,5-7,9,11,15H,4,8,10,12-13H2/p+1/t15-/m0/s1. The molecular weight excluding hydrogens is 338 g/mol. The van der Waals surface area contributed by atoms with E-state index in [0.29, 0.717) is 23.2 Å². The highest BCUT2D eigenvalue weighted by atomic mass is 32.1. The maximum Gasteiger partial charge on any atom is 0.291 e. The lowest BCUT2D eigenvalue weighted by Crippen LogP contribution is -3.09. The first-order valence-electron chi connectivity index (χ1n) is 8.28. The SMILES string of the molecule is S=c1oc(Cc2ccccc2)nn1C[NH+]1CCC[C@H]1c1cccs1. The molecule has 0 amide bonds. The highest BCUT2D eigenvalue weighted by Gasteiger charge is 2.31. The highest BCUT2D eigenvalue weighted by Crippen LogP contribution is 2.23. The summed E-state index contributed by atoms with van der Waals surface area (Å²) in [6, 6.07) is 15.2. The molecule has 1 fully saturated rings. The highest BCUT2D eigenvalue weighted by molar-refractivity contribution is 7.71. The largest absolute Gasteiger partial charge is 0.413 e. The normalized spacial score (nSPS) is 20.5. The molecule has 1 N–H and O–H groups in total. The summed E-state index contributed by atoms with van der Waals surface area (Å²) in [5.74, 6) is 0.692. The van der Waals surface area contributed by atoms with Gasteiger partial charge < -0.3 is 9.32 Å². The molecule has 6 heteroatoms. The first-order chi connectivity index (χ1) is 11.8. The summed E-state index contributed by atoms with van der Waals surface area (Å²) >= 11 is 7.23. The Kier molecular flexibility index (Phi) is 4.60. The van der Waals surface area contributed by atoms with Crippen LogP contribution in [0, 0.1) is 4.84 Å². The van der Waals surface area contributed by atoms with E-state index >= 15 is 0 Å². The van der Waals surface area contributed by atoms with Crippen LogP contribution in [0.5, 0.6) is 0 Å². The number of quaternary nitrogens is 1. The van der Waals surface area contributed by atoms with E-state index < -0.39 is 0 Å². The van der Waals surface area contributed by atoms with Gasteiger partial charge in [0.2, 0.25) is 5.89 Å². The van der Waals surface area contributed by atoms with Crippen molar-refractivity contribution in [3.05, 3.63) is 69.0 Å². The van der Waals surface area contributed by atoms with Gasteiger partial charge in [-0.25, -0.2) is 0 Å². The number of hydrogen-bond donors (Lipinski definition) is 1. The third-order valence-electron chi connectivity index (χ3n) is 4.57. The van der Waals surface area contributed by atoms with Gasteiger partial charge >= 0.3 is 0 Å². The molecule has 1 unspecified atom stereocenters. The molecule has 124 valence electrons. The molecule has 0 spiro atoms. The number of nitrogens with one attached hydrogen (secondary N) is 1. The number of nitrogens with zero attached hydrogens (tertiary/aromatic N) is 2. The summed E-state index contributed by atoms with van der Waals surface area (Å²) in [5, 5.41) is 6.77. The monoisotopic (exact) mass is 358 g/mol. The number of benzene rings is 1. The van der Waals surface area contributed by atoms with Crippen LogP contribution in [0.15, 0.2) is 52.3 Å². The smallest absolute Gasteiger partial charge is 0.291 e. The van der Waals surface area contributed by atoms with Gasteiger partial charge in [-0.05, 0) is 29.2 Å². The number of aromatic nitrogens is 2. The zero-order chi connectivity index (χ0) is 16.4. The van der Waals surface area contributed by atoms with Gasteiger partial charge in [-0.2, -0.15) is 4.68 Å². The Labute approximate surface area is 150 Å². The lowest BCUT2D eigenvalue weighted by atomic mass is 10.2. The molecule has 3 heterocycles. The van der Waals surface area contributed by atoms with E-state index in [2.05, 4.69) is 34.7 Å². The fourth-order valence-electron chi connectivity index (χ4n) is 3.42. The lowest BCUT2D eigenvalue weighted by Gasteiger charge is -2.19. The van der Waals surface area contributed by atoms with Crippen molar-refractivity contribution < 1.29 is 9.32 Å². The summed E-state index contributed by atoms with van der Waals surface area (Å²) in [6.45, 7) is 1.94. The van der Waals surface area contributed by atoms with E-state index in [9.17, 15) is 0 Å². The summed E-state index contributed by atoms with van der Waals surface area (Å²) in [4.78, 5) is 3.46. The second-order valence-electron chi connectivity index (χ2n) is 6.20. The third kappa shape index (κ3) is 3.36. The number of hydrogen-bond acceptors (Lipinski definition) is 4. The van der Waals surface area contributed by atoms with Crippen molar-refractivity contribution in [1.29, 1.82) is 0 Å². The van der Waals surface area contributed by atoms with Gasteiger partial charge in [0.25, 0.3) is 4.84 Å². The van der Waals surface area contributed by atoms with Gasteiger partial charge in [0.1, 0.15) is 6.04 Å². The van der Waals surface area contributed by atoms with E-state index in [1.807, 2.05) is 34.2 Å². The predicted molar refractivity (Wildman–Crippen MR) is 96.7 cm³/mol. The van der Waals surface area contributed by atoms with Gasteiger partial charge in [-0.3, -0.25) is 0 Å².